The van der Waals surface area contributed by atoms with E-state index in [4.69, 9.17) is 0 Å². The fraction of sp³-hybridized carbons (Fsp3) is 0.364. The van der Waals surface area contributed by atoms with E-state index in [0.717, 1.165) is 48.9 Å². The van der Waals surface area contributed by atoms with Gasteiger partial charge >= 0.3 is 0 Å². The molecule has 146 valence electrons. The van der Waals surface area contributed by atoms with E-state index in [-0.39, 0.29) is 11.9 Å². The zero-order chi connectivity index (χ0) is 19.9. The molecule has 1 aliphatic rings. The third-order valence-electron chi connectivity index (χ3n) is 5.16. The number of carbonyl (C=O) groups is 1. The molecule has 0 spiro atoms. The van der Waals surface area contributed by atoms with Crippen LogP contribution >= 0.6 is 11.8 Å². The number of hydrogen-bond donors (Lipinski definition) is 1. The molecular weight excluding hydrogens is 368 g/mol. The third kappa shape index (κ3) is 4.86. The predicted octanol–water partition coefficient (Wildman–Crippen LogP) is 3.82. The molecule has 5 nitrogen and oxygen atoms in total. The van der Waals surface area contributed by atoms with E-state index < -0.39 is 0 Å². The van der Waals surface area contributed by atoms with Crippen molar-refractivity contribution in [1.29, 1.82) is 5.26 Å². The van der Waals surface area contributed by atoms with Crippen molar-refractivity contribution in [3.05, 3.63) is 54.1 Å². The molecule has 1 atom stereocenters. The first-order valence-electron chi connectivity index (χ1n) is 9.55. The molecule has 1 amide bonds. The van der Waals surface area contributed by atoms with Gasteiger partial charge in [-0.05, 0) is 49.9 Å². The summed E-state index contributed by atoms with van der Waals surface area (Å²) >= 11 is 1.66. The van der Waals surface area contributed by atoms with Gasteiger partial charge in [0.05, 0.1) is 17.3 Å². The summed E-state index contributed by atoms with van der Waals surface area (Å²) in [6.45, 7) is 5.31. The molecule has 0 bridgehead atoms. The van der Waals surface area contributed by atoms with E-state index in [0.29, 0.717) is 5.56 Å². The van der Waals surface area contributed by atoms with Crippen molar-refractivity contribution < 1.29 is 4.79 Å². The summed E-state index contributed by atoms with van der Waals surface area (Å²) < 4.78 is 0. The molecule has 2 aromatic carbocycles. The van der Waals surface area contributed by atoms with Crippen molar-refractivity contribution in [3.8, 4) is 6.07 Å². The maximum absolute atomic E-state index is 12.8. The molecule has 28 heavy (non-hydrogen) atoms. The Bertz CT molecular complexity index is 864. The summed E-state index contributed by atoms with van der Waals surface area (Å²) in [5.41, 5.74) is 2.52. The lowest BCUT2D eigenvalue weighted by molar-refractivity contribution is -0.120. The number of thioether (sulfide) groups is 1. The molecular formula is C22H26N4OS. The molecule has 1 saturated heterocycles. The highest BCUT2D eigenvalue weighted by Gasteiger charge is 2.25. The van der Waals surface area contributed by atoms with Gasteiger partial charge in [-0.1, -0.05) is 18.2 Å². The minimum absolute atomic E-state index is 0.0177. The van der Waals surface area contributed by atoms with Gasteiger partial charge in [-0.25, -0.2) is 0 Å². The van der Waals surface area contributed by atoms with Crippen molar-refractivity contribution in [1.82, 2.24) is 4.90 Å². The second kappa shape index (κ2) is 9.63. The van der Waals surface area contributed by atoms with Crippen LogP contribution in [0.3, 0.4) is 0 Å². The topological polar surface area (TPSA) is 59.4 Å². The highest BCUT2D eigenvalue weighted by molar-refractivity contribution is 7.98. The SMILES string of the molecule is CSc1cccc(NC(=O)C(C)N2CCCN(c3ccccc3C#N)CC2)c1. The monoisotopic (exact) mass is 394 g/mol. The standard InChI is InChI=1S/C22H26N4OS/c1-17(22(27)24-19-8-5-9-20(15-19)28-2)25-11-6-12-26(14-13-25)21-10-4-3-7-18(21)16-23/h3-5,7-10,15,17H,6,11-14H2,1-2H3,(H,24,27). The van der Waals surface area contributed by atoms with Gasteiger partial charge in [-0.15, -0.1) is 11.8 Å². The Balaban J connectivity index is 1.63. The number of para-hydroxylation sites is 1. The highest BCUT2D eigenvalue weighted by Crippen LogP contribution is 2.22. The van der Waals surface area contributed by atoms with Crippen molar-refractivity contribution >= 4 is 29.0 Å². The van der Waals surface area contributed by atoms with Crippen molar-refractivity contribution in [2.75, 3.05) is 42.7 Å². The van der Waals surface area contributed by atoms with Crippen LogP contribution in [0.2, 0.25) is 0 Å². The lowest BCUT2D eigenvalue weighted by Gasteiger charge is -2.27. The molecule has 1 aliphatic heterocycles. The second-order valence-corrected chi connectivity index (χ2v) is 7.78. The number of anilines is 2. The van der Waals surface area contributed by atoms with Crippen LogP contribution < -0.4 is 10.2 Å². The normalized spacial score (nSPS) is 16.1. The van der Waals surface area contributed by atoms with Gasteiger partial charge in [0, 0.05) is 36.8 Å². The first-order chi connectivity index (χ1) is 13.6. The van der Waals surface area contributed by atoms with E-state index in [9.17, 15) is 10.1 Å². The van der Waals surface area contributed by atoms with Crippen LogP contribution in [0, 0.1) is 11.3 Å². The van der Waals surface area contributed by atoms with Crippen LogP contribution in [0.4, 0.5) is 11.4 Å². The first-order valence-corrected chi connectivity index (χ1v) is 10.8. The first kappa shape index (κ1) is 20.2. The van der Waals surface area contributed by atoms with Gasteiger partial charge in [0.15, 0.2) is 0 Å². The Morgan fingerprint density at radius 3 is 2.75 bits per heavy atom. The molecule has 2 aromatic rings. The van der Waals surface area contributed by atoms with Gasteiger partial charge in [-0.2, -0.15) is 5.26 Å². The summed E-state index contributed by atoms with van der Waals surface area (Å²) in [6.07, 6.45) is 2.98. The van der Waals surface area contributed by atoms with Crippen LogP contribution in [0.25, 0.3) is 0 Å². The molecule has 1 N–H and O–H groups in total. The molecule has 1 heterocycles. The number of nitriles is 1. The summed E-state index contributed by atoms with van der Waals surface area (Å²) in [5.74, 6) is 0.0177. The van der Waals surface area contributed by atoms with E-state index >= 15 is 0 Å². The Labute approximate surface area is 171 Å². The van der Waals surface area contributed by atoms with Crippen molar-refractivity contribution in [2.45, 2.75) is 24.3 Å². The Hall–Kier alpha value is -2.49. The Kier molecular flexibility index (Phi) is 6.96. The second-order valence-electron chi connectivity index (χ2n) is 6.90. The molecule has 0 aliphatic carbocycles. The van der Waals surface area contributed by atoms with Gasteiger partial charge in [0.1, 0.15) is 6.07 Å². The predicted molar refractivity (Wildman–Crippen MR) is 116 cm³/mol. The fourth-order valence-electron chi connectivity index (χ4n) is 3.52. The maximum Gasteiger partial charge on any atom is 0.241 e. The van der Waals surface area contributed by atoms with E-state index in [1.807, 2.05) is 61.7 Å². The number of benzene rings is 2. The summed E-state index contributed by atoms with van der Waals surface area (Å²) in [4.78, 5) is 18.4. The molecule has 1 fully saturated rings. The fourth-order valence-corrected chi connectivity index (χ4v) is 3.98. The molecule has 0 saturated carbocycles. The number of carbonyl (C=O) groups excluding carboxylic acids is 1. The quantitative estimate of drug-likeness (QED) is 0.781. The minimum atomic E-state index is -0.205. The summed E-state index contributed by atoms with van der Waals surface area (Å²) in [5, 5.41) is 12.4. The molecule has 1 unspecified atom stereocenters. The van der Waals surface area contributed by atoms with E-state index in [1.165, 1.54) is 0 Å². The van der Waals surface area contributed by atoms with Crippen LogP contribution in [-0.2, 0) is 4.79 Å². The Morgan fingerprint density at radius 1 is 1.14 bits per heavy atom. The smallest absolute Gasteiger partial charge is 0.241 e. The third-order valence-corrected chi connectivity index (χ3v) is 5.89. The number of nitrogens with zero attached hydrogens (tertiary/aromatic N) is 3. The zero-order valence-electron chi connectivity index (χ0n) is 16.4. The van der Waals surface area contributed by atoms with E-state index in [1.54, 1.807) is 11.8 Å². The average molecular weight is 395 g/mol. The molecule has 3 rings (SSSR count). The Morgan fingerprint density at radius 2 is 1.96 bits per heavy atom. The van der Waals surface area contributed by atoms with Gasteiger partial charge in [0.2, 0.25) is 5.91 Å². The average Bonchev–Trinajstić information content (AvgIpc) is 2.99. The van der Waals surface area contributed by atoms with Crippen molar-refractivity contribution in [2.24, 2.45) is 0 Å². The maximum atomic E-state index is 12.8. The molecule has 0 radical (unpaired) electrons. The van der Waals surface area contributed by atoms with Crippen LogP contribution in [0.15, 0.2) is 53.4 Å². The number of nitrogens with one attached hydrogen (secondary N) is 1. The van der Waals surface area contributed by atoms with Crippen molar-refractivity contribution in [3.63, 3.8) is 0 Å². The van der Waals surface area contributed by atoms with Crippen LogP contribution in [-0.4, -0.2) is 49.3 Å². The largest absolute Gasteiger partial charge is 0.369 e. The summed E-state index contributed by atoms with van der Waals surface area (Å²) in [7, 11) is 0. The van der Waals surface area contributed by atoms with Gasteiger partial charge in [0.25, 0.3) is 0 Å². The molecule has 6 heteroatoms. The lowest BCUT2D eigenvalue weighted by Crippen LogP contribution is -2.44. The van der Waals surface area contributed by atoms with Gasteiger partial charge < -0.3 is 10.2 Å². The highest BCUT2D eigenvalue weighted by atomic mass is 32.2. The van der Waals surface area contributed by atoms with E-state index in [2.05, 4.69) is 21.2 Å². The summed E-state index contributed by atoms with van der Waals surface area (Å²) in [6, 6.07) is 17.7. The number of hydrogen-bond acceptors (Lipinski definition) is 5. The van der Waals surface area contributed by atoms with Crippen LogP contribution in [0.1, 0.15) is 18.9 Å². The van der Waals surface area contributed by atoms with Crippen LogP contribution in [0.5, 0.6) is 0 Å². The zero-order valence-corrected chi connectivity index (χ0v) is 17.2. The molecule has 0 aromatic heterocycles. The van der Waals surface area contributed by atoms with Gasteiger partial charge in [-0.3, -0.25) is 9.69 Å². The number of rotatable bonds is 5. The number of amides is 1. The lowest BCUT2D eigenvalue weighted by atomic mass is 10.1. The minimum Gasteiger partial charge on any atom is -0.369 e.